The van der Waals surface area contributed by atoms with Crippen molar-refractivity contribution >= 4 is 23.4 Å². The lowest BCUT2D eigenvalue weighted by atomic mass is 10.1. The Morgan fingerprint density at radius 3 is 3.00 bits per heavy atom. The molecule has 2 rings (SSSR count). The maximum atomic E-state index is 13.6. The van der Waals surface area contributed by atoms with Gasteiger partial charge in [0.05, 0.1) is 17.7 Å². The third-order valence-electron chi connectivity index (χ3n) is 2.30. The van der Waals surface area contributed by atoms with Crippen LogP contribution < -0.4 is 0 Å². The highest BCUT2D eigenvalue weighted by molar-refractivity contribution is 7.99. The van der Waals surface area contributed by atoms with Crippen LogP contribution in [0.3, 0.4) is 0 Å². The standard InChI is InChI=1S/C12H9ClFN3OS/c1-7(6-15)19-12-17-16-11(18-12)5-8-9(13)3-2-4-10(8)14/h2-4,7H,5H2,1H3/t7-/m1/s1. The molecule has 0 radical (unpaired) electrons. The SMILES string of the molecule is C[C@H](C#N)Sc1nnc(Cc2c(F)cccc2Cl)o1. The molecule has 0 fully saturated rings. The van der Waals surface area contributed by atoms with Crippen molar-refractivity contribution in [2.45, 2.75) is 23.8 Å². The Balaban J connectivity index is 2.14. The van der Waals surface area contributed by atoms with E-state index in [1.165, 1.54) is 12.1 Å². The van der Waals surface area contributed by atoms with Crippen molar-refractivity contribution in [1.29, 1.82) is 5.26 Å². The Bertz CT molecular complexity index is 605. The summed E-state index contributed by atoms with van der Waals surface area (Å²) in [5, 5.41) is 16.6. The largest absolute Gasteiger partial charge is 0.416 e. The Hall–Kier alpha value is -1.58. The Morgan fingerprint density at radius 1 is 1.53 bits per heavy atom. The monoisotopic (exact) mass is 297 g/mol. The van der Waals surface area contributed by atoms with Gasteiger partial charge >= 0.3 is 0 Å². The van der Waals surface area contributed by atoms with E-state index in [1.54, 1.807) is 13.0 Å². The summed E-state index contributed by atoms with van der Waals surface area (Å²) in [6, 6.07) is 6.50. The normalized spacial score (nSPS) is 12.1. The predicted octanol–water partition coefficient (Wildman–Crippen LogP) is 3.46. The molecule has 1 atom stereocenters. The first kappa shape index (κ1) is 13.8. The summed E-state index contributed by atoms with van der Waals surface area (Å²) in [5.74, 6) is -0.148. The summed E-state index contributed by atoms with van der Waals surface area (Å²) in [5.41, 5.74) is 0.317. The minimum absolute atomic E-state index is 0.125. The number of rotatable bonds is 4. The van der Waals surface area contributed by atoms with Gasteiger partial charge in [-0.05, 0) is 30.8 Å². The number of halogens is 2. The van der Waals surface area contributed by atoms with Gasteiger partial charge in [0.2, 0.25) is 5.89 Å². The molecule has 4 nitrogen and oxygen atoms in total. The number of benzene rings is 1. The molecule has 1 aromatic carbocycles. The maximum absolute atomic E-state index is 13.6. The Labute approximate surface area is 118 Å². The molecule has 2 aromatic rings. The van der Waals surface area contributed by atoms with Crippen LogP contribution in [0.25, 0.3) is 0 Å². The van der Waals surface area contributed by atoms with E-state index in [0.717, 1.165) is 11.8 Å². The van der Waals surface area contributed by atoms with E-state index in [4.69, 9.17) is 21.3 Å². The molecule has 0 aliphatic rings. The summed E-state index contributed by atoms with van der Waals surface area (Å²) < 4.78 is 18.9. The van der Waals surface area contributed by atoms with Crippen molar-refractivity contribution in [2.24, 2.45) is 0 Å². The fraction of sp³-hybridized carbons (Fsp3) is 0.250. The van der Waals surface area contributed by atoms with E-state index in [0.29, 0.717) is 10.6 Å². The van der Waals surface area contributed by atoms with Crippen LogP contribution in [-0.2, 0) is 6.42 Å². The summed E-state index contributed by atoms with van der Waals surface area (Å²) in [6.07, 6.45) is 0.125. The van der Waals surface area contributed by atoms with Crippen LogP contribution in [0, 0.1) is 17.1 Å². The van der Waals surface area contributed by atoms with Gasteiger partial charge in [0, 0.05) is 10.6 Å². The smallest absolute Gasteiger partial charge is 0.277 e. The molecule has 1 heterocycles. The average Bonchev–Trinajstić information content (AvgIpc) is 2.81. The lowest BCUT2D eigenvalue weighted by Gasteiger charge is -2.02. The van der Waals surface area contributed by atoms with Gasteiger partial charge in [-0.25, -0.2) is 4.39 Å². The quantitative estimate of drug-likeness (QED) is 0.809. The molecule has 0 spiro atoms. The molecule has 1 aromatic heterocycles. The van der Waals surface area contributed by atoms with E-state index in [1.807, 2.05) is 6.07 Å². The van der Waals surface area contributed by atoms with E-state index >= 15 is 0 Å². The second-order valence-corrected chi connectivity index (χ2v) is 5.43. The van der Waals surface area contributed by atoms with E-state index in [9.17, 15) is 4.39 Å². The van der Waals surface area contributed by atoms with Crippen LogP contribution in [-0.4, -0.2) is 15.4 Å². The summed E-state index contributed by atoms with van der Waals surface area (Å²) in [4.78, 5) is 0. The van der Waals surface area contributed by atoms with Crippen LogP contribution >= 0.6 is 23.4 Å². The first-order valence-corrected chi connectivity index (χ1v) is 6.67. The number of hydrogen-bond donors (Lipinski definition) is 0. The molecular formula is C12H9ClFN3OS. The average molecular weight is 298 g/mol. The summed E-state index contributed by atoms with van der Waals surface area (Å²) in [6.45, 7) is 1.72. The molecule has 0 amide bonds. The lowest BCUT2D eigenvalue weighted by Crippen LogP contribution is -1.94. The van der Waals surface area contributed by atoms with Crippen molar-refractivity contribution in [3.05, 3.63) is 40.5 Å². The first-order chi connectivity index (χ1) is 9.10. The second kappa shape index (κ2) is 6.04. The number of nitrogens with zero attached hydrogens (tertiary/aromatic N) is 3. The first-order valence-electron chi connectivity index (χ1n) is 5.41. The third kappa shape index (κ3) is 3.46. The van der Waals surface area contributed by atoms with Gasteiger partial charge in [-0.2, -0.15) is 5.26 Å². The van der Waals surface area contributed by atoms with Crippen LogP contribution in [0.4, 0.5) is 4.39 Å². The van der Waals surface area contributed by atoms with Gasteiger partial charge < -0.3 is 4.42 Å². The van der Waals surface area contributed by atoms with Crippen LogP contribution in [0.2, 0.25) is 5.02 Å². The van der Waals surface area contributed by atoms with Gasteiger partial charge in [0.25, 0.3) is 5.22 Å². The van der Waals surface area contributed by atoms with Crippen molar-refractivity contribution < 1.29 is 8.81 Å². The third-order valence-corrected chi connectivity index (χ3v) is 3.48. The van der Waals surface area contributed by atoms with Crippen molar-refractivity contribution in [3.8, 4) is 6.07 Å². The van der Waals surface area contributed by atoms with Gasteiger partial charge in [0.1, 0.15) is 5.82 Å². The predicted molar refractivity (Wildman–Crippen MR) is 69.4 cm³/mol. The molecule has 0 aliphatic heterocycles. The summed E-state index contributed by atoms with van der Waals surface area (Å²) in [7, 11) is 0. The van der Waals surface area contributed by atoms with E-state index in [2.05, 4.69) is 10.2 Å². The molecule has 0 unspecified atom stereocenters. The van der Waals surface area contributed by atoms with Gasteiger partial charge in [-0.3, -0.25) is 0 Å². The number of thioether (sulfide) groups is 1. The van der Waals surface area contributed by atoms with E-state index in [-0.39, 0.29) is 22.8 Å². The minimum atomic E-state index is -0.412. The molecule has 0 saturated heterocycles. The van der Waals surface area contributed by atoms with Crippen molar-refractivity contribution in [3.63, 3.8) is 0 Å². The molecular weight excluding hydrogens is 289 g/mol. The topological polar surface area (TPSA) is 62.7 Å². The molecule has 98 valence electrons. The molecule has 0 N–H and O–H groups in total. The van der Waals surface area contributed by atoms with Gasteiger partial charge in [-0.1, -0.05) is 17.7 Å². The molecule has 0 aliphatic carbocycles. The molecule has 7 heteroatoms. The van der Waals surface area contributed by atoms with Crippen LogP contribution in [0.5, 0.6) is 0 Å². The Morgan fingerprint density at radius 2 is 2.32 bits per heavy atom. The zero-order chi connectivity index (χ0) is 13.8. The fourth-order valence-electron chi connectivity index (χ4n) is 1.39. The number of aromatic nitrogens is 2. The highest BCUT2D eigenvalue weighted by Crippen LogP contribution is 2.25. The van der Waals surface area contributed by atoms with Crippen molar-refractivity contribution in [2.75, 3.05) is 0 Å². The second-order valence-electron chi connectivity index (χ2n) is 3.73. The highest BCUT2D eigenvalue weighted by Gasteiger charge is 2.14. The van der Waals surface area contributed by atoms with E-state index < -0.39 is 5.82 Å². The number of hydrogen-bond acceptors (Lipinski definition) is 5. The molecule has 0 bridgehead atoms. The zero-order valence-electron chi connectivity index (χ0n) is 9.93. The lowest BCUT2D eigenvalue weighted by molar-refractivity contribution is 0.418. The maximum Gasteiger partial charge on any atom is 0.277 e. The van der Waals surface area contributed by atoms with Crippen LogP contribution in [0.15, 0.2) is 27.8 Å². The van der Waals surface area contributed by atoms with Gasteiger partial charge in [-0.15, -0.1) is 10.2 Å². The fourth-order valence-corrected chi connectivity index (χ4v) is 2.20. The molecule has 19 heavy (non-hydrogen) atoms. The van der Waals surface area contributed by atoms with Gasteiger partial charge in [0.15, 0.2) is 0 Å². The highest BCUT2D eigenvalue weighted by atomic mass is 35.5. The minimum Gasteiger partial charge on any atom is -0.416 e. The summed E-state index contributed by atoms with van der Waals surface area (Å²) >= 11 is 7.07. The number of nitriles is 1. The molecule has 0 saturated carbocycles. The Kier molecular flexibility index (Phi) is 4.40. The van der Waals surface area contributed by atoms with Crippen LogP contribution in [0.1, 0.15) is 18.4 Å². The zero-order valence-corrected chi connectivity index (χ0v) is 11.5. The van der Waals surface area contributed by atoms with Crippen molar-refractivity contribution in [1.82, 2.24) is 10.2 Å².